The number of hydrogen-bond acceptors (Lipinski definition) is 6. The first-order chi connectivity index (χ1) is 15.8. The molecule has 2 fully saturated rings. The minimum Gasteiger partial charge on any atom is -0.370 e. The van der Waals surface area contributed by atoms with Gasteiger partial charge in [-0.2, -0.15) is 9.57 Å². The van der Waals surface area contributed by atoms with Crippen LogP contribution in [0.15, 0.2) is 48.5 Å². The molecule has 9 heteroatoms. The van der Waals surface area contributed by atoms with Crippen LogP contribution in [0.4, 0.5) is 0 Å². The Bertz CT molecular complexity index is 1070. The van der Waals surface area contributed by atoms with Gasteiger partial charge in [0.05, 0.1) is 30.1 Å². The van der Waals surface area contributed by atoms with E-state index >= 15 is 0 Å². The summed E-state index contributed by atoms with van der Waals surface area (Å²) in [7, 11) is -3.33. The van der Waals surface area contributed by atoms with Crippen LogP contribution in [0.5, 0.6) is 0 Å². The van der Waals surface area contributed by atoms with Crippen molar-refractivity contribution in [2.45, 2.75) is 25.3 Å². The molecule has 33 heavy (non-hydrogen) atoms. The summed E-state index contributed by atoms with van der Waals surface area (Å²) in [5.41, 5.74) is 2.78. The monoisotopic (exact) mass is 488 g/mol. The second kappa shape index (κ2) is 10.5. The number of rotatable bonds is 8. The summed E-state index contributed by atoms with van der Waals surface area (Å²) in [5, 5.41) is 9.60. The third-order valence-corrected chi connectivity index (χ3v) is 7.63. The Balaban J connectivity index is 1.30. The molecule has 2 bridgehead atoms. The minimum absolute atomic E-state index is 0.110. The Kier molecular flexibility index (Phi) is 7.69. The number of morpholine rings is 2. The van der Waals surface area contributed by atoms with Crippen LogP contribution in [0.2, 0.25) is 5.02 Å². The highest BCUT2D eigenvalue weighted by Gasteiger charge is 2.35. The molecule has 0 spiro atoms. The van der Waals surface area contributed by atoms with E-state index in [1.165, 1.54) is 16.1 Å². The van der Waals surface area contributed by atoms with Gasteiger partial charge in [-0.1, -0.05) is 35.9 Å². The summed E-state index contributed by atoms with van der Waals surface area (Å²) in [4.78, 5) is 4.72. The standard InChI is InChI=1S/C24H29ClN4O3S/c1-33(30,31)29(14-21-6-8-22(25)9-7-21)11-10-27-15-23-17-28(18-24(16-27)32-23)13-20-4-2-19(12-26)3-5-20/h2-9,23-24H,10-11,13-18H2,1H3. The summed E-state index contributed by atoms with van der Waals surface area (Å²) < 4.78 is 32.4. The summed E-state index contributed by atoms with van der Waals surface area (Å²) >= 11 is 5.95. The first kappa shape index (κ1) is 24.1. The summed E-state index contributed by atoms with van der Waals surface area (Å²) in [6.07, 6.45) is 1.48. The van der Waals surface area contributed by atoms with E-state index in [9.17, 15) is 8.42 Å². The van der Waals surface area contributed by atoms with Crippen molar-refractivity contribution in [1.82, 2.24) is 14.1 Å². The van der Waals surface area contributed by atoms with E-state index in [1.807, 2.05) is 36.4 Å². The maximum Gasteiger partial charge on any atom is 0.211 e. The Morgan fingerprint density at radius 2 is 1.58 bits per heavy atom. The van der Waals surface area contributed by atoms with Crippen LogP contribution in [0.1, 0.15) is 16.7 Å². The van der Waals surface area contributed by atoms with Gasteiger partial charge in [-0.05, 0) is 35.4 Å². The lowest BCUT2D eigenvalue weighted by Crippen LogP contribution is -2.59. The first-order valence-corrected chi connectivity index (χ1v) is 13.3. The molecule has 2 aliphatic heterocycles. The third kappa shape index (κ3) is 6.76. The van der Waals surface area contributed by atoms with Crippen molar-refractivity contribution < 1.29 is 13.2 Å². The predicted molar refractivity (Wildman–Crippen MR) is 128 cm³/mol. The van der Waals surface area contributed by atoms with E-state index in [-0.39, 0.29) is 12.2 Å². The normalized spacial score (nSPS) is 21.8. The fraction of sp³-hybridized carbons (Fsp3) is 0.458. The molecule has 2 saturated heterocycles. The molecule has 0 aliphatic carbocycles. The maximum absolute atomic E-state index is 12.4. The number of benzene rings is 2. The van der Waals surface area contributed by atoms with Crippen molar-refractivity contribution in [3.05, 3.63) is 70.2 Å². The second-order valence-corrected chi connectivity index (χ2v) is 11.3. The van der Waals surface area contributed by atoms with Crippen LogP contribution >= 0.6 is 11.6 Å². The predicted octanol–water partition coefficient (Wildman–Crippen LogP) is 2.56. The molecule has 0 amide bonds. The molecular formula is C24H29ClN4O3S. The van der Waals surface area contributed by atoms with Gasteiger partial charge in [0.15, 0.2) is 0 Å². The largest absolute Gasteiger partial charge is 0.370 e. The summed E-state index contributed by atoms with van der Waals surface area (Å²) in [6, 6.07) is 17.2. The van der Waals surface area contributed by atoms with Crippen LogP contribution in [0, 0.1) is 11.3 Å². The first-order valence-electron chi connectivity index (χ1n) is 11.1. The number of nitriles is 1. The lowest BCUT2D eigenvalue weighted by molar-refractivity contribution is -0.140. The number of sulfonamides is 1. The van der Waals surface area contributed by atoms with Gasteiger partial charge < -0.3 is 4.74 Å². The van der Waals surface area contributed by atoms with Crippen molar-refractivity contribution in [3.63, 3.8) is 0 Å². The van der Waals surface area contributed by atoms with Gasteiger partial charge in [0.1, 0.15) is 0 Å². The molecule has 0 radical (unpaired) electrons. The zero-order valence-electron chi connectivity index (χ0n) is 18.7. The molecule has 2 aliphatic rings. The van der Waals surface area contributed by atoms with Crippen molar-refractivity contribution >= 4 is 21.6 Å². The zero-order chi connectivity index (χ0) is 23.4. The quantitative estimate of drug-likeness (QED) is 0.568. The van der Waals surface area contributed by atoms with Crippen LogP contribution in [0.25, 0.3) is 0 Å². The van der Waals surface area contributed by atoms with E-state index in [2.05, 4.69) is 15.9 Å². The van der Waals surface area contributed by atoms with E-state index < -0.39 is 10.0 Å². The van der Waals surface area contributed by atoms with Crippen LogP contribution in [-0.4, -0.2) is 80.3 Å². The van der Waals surface area contributed by atoms with Gasteiger partial charge in [0, 0.05) is 57.4 Å². The van der Waals surface area contributed by atoms with Gasteiger partial charge in [-0.3, -0.25) is 9.80 Å². The molecule has 4 rings (SSSR count). The van der Waals surface area contributed by atoms with Gasteiger partial charge >= 0.3 is 0 Å². The summed E-state index contributed by atoms with van der Waals surface area (Å²) in [5.74, 6) is 0. The van der Waals surface area contributed by atoms with Gasteiger partial charge in [-0.15, -0.1) is 0 Å². The number of halogens is 1. The highest BCUT2D eigenvalue weighted by Crippen LogP contribution is 2.21. The van der Waals surface area contributed by atoms with Gasteiger partial charge in [0.25, 0.3) is 0 Å². The van der Waals surface area contributed by atoms with Crippen molar-refractivity contribution in [3.8, 4) is 6.07 Å². The molecule has 2 unspecified atom stereocenters. The highest BCUT2D eigenvalue weighted by atomic mass is 35.5. The van der Waals surface area contributed by atoms with Gasteiger partial charge in [-0.25, -0.2) is 8.42 Å². The molecule has 2 aromatic carbocycles. The van der Waals surface area contributed by atoms with E-state index in [4.69, 9.17) is 21.6 Å². The molecule has 2 aromatic rings. The Labute approximate surface area is 201 Å². The number of fused-ring (bicyclic) bond motifs is 2. The highest BCUT2D eigenvalue weighted by molar-refractivity contribution is 7.88. The third-order valence-electron chi connectivity index (χ3n) is 6.13. The molecule has 2 atom stereocenters. The van der Waals surface area contributed by atoms with Crippen molar-refractivity contribution in [2.24, 2.45) is 0 Å². The van der Waals surface area contributed by atoms with Crippen molar-refractivity contribution in [1.29, 1.82) is 5.26 Å². The average molecular weight is 489 g/mol. The van der Waals surface area contributed by atoms with Crippen molar-refractivity contribution in [2.75, 3.05) is 45.5 Å². The minimum atomic E-state index is -3.33. The molecule has 2 heterocycles. The van der Waals surface area contributed by atoms with Crippen LogP contribution < -0.4 is 0 Å². The fourth-order valence-electron chi connectivity index (χ4n) is 4.52. The van der Waals surface area contributed by atoms with Crippen LogP contribution in [0.3, 0.4) is 0 Å². The smallest absolute Gasteiger partial charge is 0.211 e. The molecule has 7 nitrogen and oxygen atoms in total. The molecule has 0 saturated carbocycles. The number of nitrogens with zero attached hydrogens (tertiary/aromatic N) is 4. The van der Waals surface area contributed by atoms with E-state index in [0.29, 0.717) is 30.2 Å². The number of hydrogen-bond donors (Lipinski definition) is 0. The average Bonchev–Trinajstić information content (AvgIpc) is 2.77. The fourth-order valence-corrected chi connectivity index (χ4v) is 5.45. The molecule has 176 valence electrons. The lowest BCUT2D eigenvalue weighted by Gasteiger charge is -2.46. The molecule has 0 N–H and O–H groups in total. The van der Waals surface area contributed by atoms with Gasteiger partial charge in [0.2, 0.25) is 10.0 Å². The zero-order valence-corrected chi connectivity index (χ0v) is 20.3. The number of ether oxygens (including phenoxy) is 1. The van der Waals surface area contributed by atoms with E-state index in [0.717, 1.165) is 38.3 Å². The Morgan fingerprint density at radius 1 is 1.00 bits per heavy atom. The topological polar surface area (TPSA) is 76.9 Å². The molecule has 0 aromatic heterocycles. The summed E-state index contributed by atoms with van der Waals surface area (Å²) in [6.45, 7) is 5.55. The Hall–Kier alpha value is -1.99. The second-order valence-electron chi connectivity index (χ2n) is 8.87. The van der Waals surface area contributed by atoms with Crippen LogP contribution in [-0.2, 0) is 27.8 Å². The maximum atomic E-state index is 12.4. The lowest BCUT2D eigenvalue weighted by atomic mass is 10.1. The molecular weight excluding hydrogens is 460 g/mol. The SMILES string of the molecule is CS(=O)(=O)N(CCN1CC2CN(Cc3ccc(C#N)cc3)CC(C1)O2)Cc1ccc(Cl)cc1. The Morgan fingerprint density at radius 3 is 2.15 bits per heavy atom. The van der Waals surface area contributed by atoms with E-state index in [1.54, 1.807) is 12.1 Å².